The zero-order chi connectivity index (χ0) is 6.85. The molecule has 0 aromatic heterocycles. The first-order valence-electron chi connectivity index (χ1n) is 3.33. The molecule has 1 fully saturated rings. The molecule has 1 rings (SSSR count). The summed E-state index contributed by atoms with van der Waals surface area (Å²) >= 11 is 0. The zero-order valence-electron chi connectivity index (χ0n) is 5.67. The Hall–Kier alpha value is 0.110. The summed E-state index contributed by atoms with van der Waals surface area (Å²) in [5.41, 5.74) is 5.47. The van der Waals surface area contributed by atoms with E-state index in [-0.39, 0.29) is 6.04 Å². The maximum atomic E-state index is 11.0. The lowest BCUT2D eigenvalue weighted by Crippen LogP contribution is -2.24. The largest absolute Gasteiger partial charge is 0.327 e. The summed E-state index contributed by atoms with van der Waals surface area (Å²) < 4.78 is 11.0. The van der Waals surface area contributed by atoms with Crippen molar-refractivity contribution in [1.82, 2.24) is 0 Å². The van der Waals surface area contributed by atoms with Crippen LogP contribution < -0.4 is 5.73 Å². The summed E-state index contributed by atoms with van der Waals surface area (Å²) in [6.45, 7) is 1.90. The highest BCUT2D eigenvalue weighted by molar-refractivity contribution is 7.86. The Labute approximate surface area is 58.3 Å². The Balaban J connectivity index is 2.18. The van der Waals surface area contributed by atoms with Crippen LogP contribution in [0.2, 0.25) is 0 Å². The van der Waals surface area contributed by atoms with Crippen molar-refractivity contribution in [3.05, 3.63) is 0 Å². The Kier molecular flexibility index (Phi) is 2.24. The first kappa shape index (κ1) is 7.22. The summed E-state index contributed by atoms with van der Waals surface area (Å²) in [4.78, 5) is 0. The molecule has 9 heavy (non-hydrogen) atoms. The standard InChI is InChI=1S/C6H13NOS/c1-5(7)4-9(8)6-2-3-6/h5-6H,2-4,7H2,1H3. The highest BCUT2D eigenvalue weighted by Gasteiger charge is 2.28. The van der Waals surface area contributed by atoms with Crippen LogP contribution in [-0.4, -0.2) is 21.3 Å². The predicted octanol–water partition coefficient (Wildman–Crippen LogP) is 0.245. The van der Waals surface area contributed by atoms with Gasteiger partial charge in [-0.15, -0.1) is 0 Å². The molecule has 0 aromatic rings. The molecule has 2 atom stereocenters. The molecule has 1 aliphatic rings. The van der Waals surface area contributed by atoms with Crippen LogP contribution in [0.1, 0.15) is 19.8 Å². The smallest absolute Gasteiger partial charge is 0.0386 e. The third-order valence-corrected chi connectivity index (χ3v) is 3.39. The van der Waals surface area contributed by atoms with Crippen LogP contribution >= 0.6 is 0 Å². The molecule has 0 heterocycles. The SMILES string of the molecule is CC(N)CS(=O)C1CC1. The molecule has 0 amide bonds. The molecule has 0 bridgehead atoms. The second-order valence-electron chi connectivity index (χ2n) is 2.72. The lowest BCUT2D eigenvalue weighted by molar-refractivity contribution is 0.676. The number of nitrogens with two attached hydrogens (primary N) is 1. The van der Waals surface area contributed by atoms with E-state index in [1.165, 1.54) is 0 Å². The van der Waals surface area contributed by atoms with Gasteiger partial charge in [0.05, 0.1) is 0 Å². The Morgan fingerprint density at radius 2 is 2.33 bits per heavy atom. The highest BCUT2D eigenvalue weighted by Crippen LogP contribution is 2.26. The van der Waals surface area contributed by atoms with Crippen molar-refractivity contribution < 1.29 is 4.21 Å². The molecule has 1 saturated carbocycles. The van der Waals surface area contributed by atoms with Crippen LogP contribution in [0.3, 0.4) is 0 Å². The van der Waals surface area contributed by atoms with Gasteiger partial charge in [-0.05, 0) is 19.8 Å². The fraction of sp³-hybridized carbons (Fsp3) is 1.00. The lowest BCUT2D eigenvalue weighted by Gasteiger charge is -2.01. The number of hydrogen-bond donors (Lipinski definition) is 1. The number of rotatable bonds is 3. The van der Waals surface area contributed by atoms with Crippen molar-refractivity contribution in [2.24, 2.45) is 5.73 Å². The van der Waals surface area contributed by atoms with Crippen LogP contribution in [0.15, 0.2) is 0 Å². The van der Waals surface area contributed by atoms with Gasteiger partial charge in [-0.2, -0.15) is 0 Å². The summed E-state index contributed by atoms with van der Waals surface area (Å²) in [5.74, 6) is 0.685. The van der Waals surface area contributed by atoms with Crippen molar-refractivity contribution in [3.63, 3.8) is 0 Å². The predicted molar refractivity (Wildman–Crippen MR) is 39.7 cm³/mol. The van der Waals surface area contributed by atoms with E-state index in [0.717, 1.165) is 12.8 Å². The minimum atomic E-state index is -0.616. The van der Waals surface area contributed by atoms with Crippen molar-refractivity contribution in [1.29, 1.82) is 0 Å². The molecule has 0 spiro atoms. The van der Waals surface area contributed by atoms with Gasteiger partial charge in [-0.1, -0.05) is 0 Å². The number of hydrogen-bond acceptors (Lipinski definition) is 2. The van der Waals surface area contributed by atoms with Crippen LogP contribution in [0.25, 0.3) is 0 Å². The lowest BCUT2D eigenvalue weighted by atomic mass is 10.4. The minimum Gasteiger partial charge on any atom is -0.327 e. The first-order chi connectivity index (χ1) is 4.20. The normalized spacial score (nSPS) is 25.6. The molecule has 1 aliphatic carbocycles. The van der Waals surface area contributed by atoms with Gasteiger partial charge >= 0.3 is 0 Å². The summed E-state index contributed by atoms with van der Waals surface area (Å²) in [6, 6.07) is 0.103. The minimum absolute atomic E-state index is 0.103. The second-order valence-corrected chi connectivity index (χ2v) is 4.49. The van der Waals surface area contributed by atoms with E-state index >= 15 is 0 Å². The molecular weight excluding hydrogens is 134 g/mol. The first-order valence-corrected chi connectivity index (χ1v) is 4.71. The maximum Gasteiger partial charge on any atom is 0.0386 e. The van der Waals surface area contributed by atoms with Crippen LogP contribution in [0, 0.1) is 0 Å². The maximum absolute atomic E-state index is 11.0. The van der Waals surface area contributed by atoms with Crippen molar-refractivity contribution in [2.45, 2.75) is 31.1 Å². The Morgan fingerprint density at radius 3 is 2.67 bits per heavy atom. The molecular formula is C6H13NOS. The molecule has 54 valence electrons. The van der Waals surface area contributed by atoms with Gasteiger partial charge in [0.15, 0.2) is 0 Å². The highest BCUT2D eigenvalue weighted by atomic mass is 32.2. The van der Waals surface area contributed by atoms with E-state index in [1.807, 2.05) is 6.92 Å². The quantitative estimate of drug-likeness (QED) is 0.621. The van der Waals surface area contributed by atoms with E-state index in [2.05, 4.69) is 0 Å². The Morgan fingerprint density at radius 1 is 1.78 bits per heavy atom. The topological polar surface area (TPSA) is 43.1 Å². The second kappa shape index (κ2) is 2.80. The van der Waals surface area contributed by atoms with Gasteiger partial charge in [0.25, 0.3) is 0 Å². The third-order valence-electron chi connectivity index (χ3n) is 1.32. The summed E-state index contributed by atoms with van der Waals surface area (Å²) in [6.07, 6.45) is 2.30. The van der Waals surface area contributed by atoms with E-state index in [0.29, 0.717) is 11.0 Å². The Bertz CT molecular complexity index is 120. The fourth-order valence-electron chi connectivity index (χ4n) is 0.726. The van der Waals surface area contributed by atoms with Crippen LogP contribution in [-0.2, 0) is 10.8 Å². The molecule has 3 heteroatoms. The van der Waals surface area contributed by atoms with E-state index in [9.17, 15) is 4.21 Å². The summed E-state index contributed by atoms with van der Waals surface area (Å²) in [5, 5.41) is 0.496. The molecule has 0 radical (unpaired) electrons. The zero-order valence-corrected chi connectivity index (χ0v) is 6.49. The van der Waals surface area contributed by atoms with E-state index < -0.39 is 10.8 Å². The van der Waals surface area contributed by atoms with Crippen LogP contribution in [0.5, 0.6) is 0 Å². The molecule has 0 saturated heterocycles. The monoisotopic (exact) mass is 147 g/mol. The molecule has 2 unspecified atom stereocenters. The van der Waals surface area contributed by atoms with Crippen LogP contribution in [0.4, 0.5) is 0 Å². The van der Waals surface area contributed by atoms with Gasteiger partial charge in [-0.25, -0.2) is 0 Å². The van der Waals surface area contributed by atoms with Gasteiger partial charge in [0, 0.05) is 27.8 Å². The van der Waals surface area contributed by atoms with Crippen molar-refractivity contribution >= 4 is 10.8 Å². The van der Waals surface area contributed by atoms with E-state index in [1.54, 1.807) is 0 Å². The van der Waals surface area contributed by atoms with E-state index in [4.69, 9.17) is 5.73 Å². The molecule has 2 nitrogen and oxygen atoms in total. The van der Waals surface area contributed by atoms with Gasteiger partial charge in [-0.3, -0.25) is 4.21 Å². The third kappa shape index (κ3) is 2.45. The van der Waals surface area contributed by atoms with Gasteiger partial charge in [0.1, 0.15) is 0 Å². The van der Waals surface area contributed by atoms with Crippen molar-refractivity contribution in [3.8, 4) is 0 Å². The molecule has 0 aromatic carbocycles. The van der Waals surface area contributed by atoms with Crippen molar-refractivity contribution in [2.75, 3.05) is 5.75 Å². The van der Waals surface area contributed by atoms with Gasteiger partial charge < -0.3 is 5.73 Å². The average Bonchev–Trinajstić information content (AvgIpc) is 2.40. The molecule has 0 aliphatic heterocycles. The molecule has 2 N–H and O–H groups in total. The fourth-order valence-corrected chi connectivity index (χ4v) is 2.18. The summed E-state index contributed by atoms with van der Waals surface area (Å²) in [7, 11) is -0.616. The van der Waals surface area contributed by atoms with Gasteiger partial charge in [0.2, 0.25) is 0 Å². The average molecular weight is 147 g/mol.